The highest BCUT2D eigenvalue weighted by Gasteiger charge is 2.39. The van der Waals surface area contributed by atoms with Gasteiger partial charge in [0.15, 0.2) is 5.78 Å². The second kappa shape index (κ2) is 5.35. The zero-order chi connectivity index (χ0) is 15.8. The van der Waals surface area contributed by atoms with E-state index in [0.717, 1.165) is 6.07 Å². The Morgan fingerprint density at radius 2 is 1.71 bits per heavy atom. The molecule has 0 heterocycles. The minimum absolute atomic E-state index is 0.0788. The number of hydrogen-bond acceptors (Lipinski definition) is 1. The Labute approximate surface area is 116 Å². The van der Waals surface area contributed by atoms with Crippen LogP contribution in [0.1, 0.15) is 41.6 Å². The van der Waals surface area contributed by atoms with E-state index in [-0.39, 0.29) is 18.4 Å². The van der Waals surface area contributed by atoms with Crippen LogP contribution in [-0.4, -0.2) is 11.7 Å². The number of ketones is 1. The maximum absolute atomic E-state index is 13.1. The molecule has 0 bridgehead atoms. The Morgan fingerprint density at radius 1 is 1.14 bits per heavy atom. The van der Waals surface area contributed by atoms with Crippen molar-refractivity contribution in [3.63, 3.8) is 0 Å². The first-order valence-corrected chi connectivity index (χ1v) is 6.39. The summed E-state index contributed by atoms with van der Waals surface area (Å²) in [5, 5.41) is 0. The van der Waals surface area contributed by atoms with Crippen molar-refractivity contribution in [2.24, 2.45) is 5.92 Å². The van der Waals surface area contributed by atoms with Crippen molar-refractivity contribution < 1.29 is 31.1 Å². The van der Waals surface area contributed by atoms with Gasteiger partial charge in [-0.25, -0.2) is 13.2 Å². The van der Waals surface area contributed by atoms with Gasteiger partial charge in [0.1, 0.15) is 5.82 Å². The maximum Gasteiger partial charge on any atom is 0.419 e. The first kappa shape index (κ1) is 15.9. The molecular formula is C14H12F6O. The average Bonchev–Trinajstić information content (AvgIpc) is 2.37. The van der Waals surface area contributed by atoms with Gasteiger partial charge in [-0.2, -0.15) is 13.2 Å². The summed E-state index contributed by atoms with van der Waals surface area (Å²) >= 11 is 0. The molecule has 1 fully saturated rings. The molecule has 1 aliphatic carbocycles. The van der Waals surface area contributed by atoms with Crippen LogP contribution in [0.3, 0.4) is 0 Å². The van der Waals surface area contributed by atoms with Crippen LogP contribution >= 0.6 is 0 Å². The highest BCUT2D eigenvalue weighted by molar-refractivity contribution is 5.98. The lowest BCUT2D eigenvalue weighted by atomic mass is 9.82. The molecule has 21 heavy (non-hydrogen) atoms. The molecule has 0 N–H and O–H groups in total. The largest absolute Gasteiger partial charge is 0.419 e. The molecule has 0 spiro atoms. The van der Waals surface area contributed by atoms with Gasteiger partial charge in [-0.3, -0.25) is 4.79 Å². The van der Waals surface area contributed by atoms with Crippen LogP contribution in [0.2, 0.25) is 0 Å². The van der Waals surface area contributed by atoms with Gasteiger partial charge in [0.25, 0.3) is 0 Å². The minimum Gasteiger partial charge on any atom is -0.294 e. The fourth-order valence-electron chi connectivity index (χ4n) is 2.43. The van der Waals surface area contributed by atoms with Gasteiger partial charge >= 0.3 is 6.18 Å². The van der Waals surface area contributed by atoms with Crippen LogP contribution in [-0.2, 0) is 6.18 Å². The molecule has 2 rings (SSSR count). The second-order valence-corrected chi connectivity index (χ2v) is 5.19. The van der Waals surface area contributed by atoms with E-state index in [9.17, 15) is 31.1 Å². The van der Waals surface area contributed by atoms with Crippen molar-refractivity contribution in [3.05, 3.63) is 35.1 Å². The number of rotatable bonds is 2. The summed E-state index contributed by atoms with van der Waals surface area (Å²) < 4.78 is 76.9. The van der Waals surface area contributed by atoms with E-state index in [0.29, 0.717) is 12.1 Å². The second-order valence-electron chi connectivity index (χ2n) is 5.19. The van der Waals surface area contributed by atoms with Crippen LogP contribution in [0.5, 0.6) is 0 Å². The molecular weight excluding hydrogens is 298 g/mol. The lowest BCUT2D eigenvalue weighted by Gasteiger charge is -2.27. The highest BCUT2D eigenvalue weighted by atomic mass is 19.4. The van der Waals surface area contributed by atoms with Crippen molar-refractivity contribution >= 4 is 5.78 Å². The summed E-state index contributed by atoms with van der Waals surface area (Å²) in [5.41, 5.74) is -1.81. The van der Waals surface area contributed by atoms with Crippen molar-refractivity contribution in [2.45, 2.75) is 37.8 Å². The number of hydrogen-bond donors (Lipinski definition) is 0. The molecule has 0 amide bonds. The number of alkyl halides is 5. The Balaban J connectivity index is 2.21. The van der Waals surface area contributed by atoms with Gasteiger partial charge in [-0.05, 0) is 31.0 Å². The van der Waals surface area contributed by atoms with Crippen LogP contribution in [0.4, 0.5) is 26.3 Å². The Hall–Kier alpha value is -1.53. The average molecular weight is 310 g/mol. The van der Waals surface area contributed by atoms with E-state index < -0.39 is 48.0 Å². The molecule has 7 heteroatoms. The molecule has 0 unspecified atom stereocenters. The molecule has 0 radical (unpaired) electrons. The Bertz CT molecular complexity index is 539. The van der Waals surface area contributed by atoms with Crippen molar-refractivity contribution in [3.8, 4) is 0 Å². The van der Waals surface area contributed by atoms with E-state index >= 15 is 0 Å². The quantitative estimate of drug-likeness (QED) is 0.563. The van der Waals surface area contributed by atoms with Crippen molar-refractivity contribution in [2.75, 3.05) is 0 Å². The lowest BCUT2D eigenvalue weighted by molar-refractivity contribution is -0.140. The maximum atomic E-state index is 13.1. The third kappa shape index (κ3) is 3.57. The fourth-order valence-corrected chi connectivity index (χ4v) is 2.43. The summed E-state index contributed by atoms with van der Waals surface area (Å²) in [6, 6.07) is 1.98. The van der Waals surface area contributed by atoms with Gasteiger partial charge in [-0.1, -0.05) is 0 Å². The monoisotopic (exact) mass is 310 g/mol. The van der Waals surface area contributed by atoms with Gasteiger partial charge in [0.05, 0.1) is 5.56 Å². The van der Waals surface area contributed by atoms with E-state index in [1.165, 1.54) is 0 Å². The first-order chi connectivity index (χ1) is 9.60. The first-order valence-electron chi connectivity index (χ1n) is 6.39. The minimum atomic E-state index is -4.90. The summed E-state index contributed by atoms with van der Waals surface area (Å²) in [6.07, 6.45) is -5.98. The lowest BCUT2D eigenvalue weighted by Crippen LogP contribution is -2.29. The molecule has 0 aliphatic heterocycles. The number of carbonyl (C=O) groups excluding carboxylic acids is 1. The van der Waals surface area contributed by atoms with Crippen molar-refractivity contribution in [1.82, 2.24) is 0 Å². The normalized spacial score (nSPS) is 19.5. The molecule has 1 saturated carbocycles. The summed E-state index contributed by atoms with van der Waals surface area (Å²) in [5.74, 6) is -5.67. The van der Waals surface area contributed by atoms with Gasteiger partial charge < -0.3 is 0 Å². The molecule has 0 saturated heterocycles. The van der Waals surface area contributed by atoms with Crippen molar-refractivity contribution in [1.29, 1.82) is 0 Å². The third-order valence-electron chi connectivity index (χ3n) is 3.64. The number of benzene rings is 1. The molecule has 1 aliphatic rings. The topological polar surface area (TPSA) is 17.1 Å². The molecule has 0 aromatic heterocycles. The number of halogens is 6. The smallest absolute Gasteiger partial charge is 0.294 e. The van der Waals surface area contributed by atoms with Crippen LogP contribution in [0, 0.1) is 11.7 Å². The fraction of sp³-hybridized carbons (Fsp3) is 0.500. The summed E-state index contributed by atoms with van der Waals surface area (Å²) in [6.45, 7) is 0. The molecule has 1 aromatic rings. The Kier molecular flexibility index (Phi) is 4.04. The summed E-state index contributed by atoms with van der Waals surface area (Å²) in [4.78, 5) is 12.1. The molecule has 116 valence electrons. The number of Topliss-reactive ketones (excluding diaryl/α,β-unsaturated/α-hetero) is 1. The zero-order valence-electron chi connectivity index (χ0n) is 10.8. The van der Waals surface area contributed by atoms with Gasteiger partial charge in [0, 0.05) is 24.3 Å². The van der Waals surface area contributed by atoms with E-state index in [1.807, 2.05) is 0 Å². The number of carbonyl (C=O) groups is 1. The van der Waals surface area contributed by atoms with Crippen LogP contribution in [0.25, 0.3) is 0 Å². The SMILES string of the molecule is O=C(c1ccc(F)c(C(F)(F)F)c1)C1CCC(F)(F)CC1. The highest BCUT2D eigenvalue weighted by Crippen LogP contribution is 2.38. The predicted molar refractivity (Wildman–Crippen MR) is 62.6 cm³/mol. The summed E-state index contributed by atoms with van der Waals surface area (Å²) in [7, 11) is 0. The standard InChI is InChI=1S/C14H12F6O/c15-11-2-1-9(7-10(11)14(18,19)20)12(21)8-3-5-13(16,17)6-4-8/h1-2,7-8H,3-6H2. The third-order valence-corrected chi connectivity index (χ3v) is 3.64. The Morgan fingerprint density at radius 3 is 2.24 bits per heavy atom. The van der Waals surface area contributed by atoms with E-state index in [1.54, 1.807) is 0 Å². The predicted octanol–water partition coefficient (Wildman–Crippen LogP) is 4.85. The molecule has 1 nitrogen and oxygen atoms in total. The van der Waals surface area contributed by atoms with Gasteiger partial charge in [0.2, 0.25) is 5.92 Å². The van der Waals surface area contributed by atoms with Gasteiger partial charge in [-0.15, -0.1) is 0 Å². The van der Waals surface area contributed by atoms with E-state index in [2.05, 4.69) is 0 Å². The molecule has 0 atom stereocenters. The molecule has 1 aromatic carbocycles. The zero-order valence-corrected chi connectivity index (χ0v) is 10.8. The van der Waals surface area contributed by atoms with Crippen LogP contribution in [0.15, 0.2) is 18.2 Å². The van der Waals surface area contributed by atoms with E-state index in [4.69, 9.17) is 0 Å². The van der Waals surface area contributed by atoms with Crippen LogP contribution < -0.4 is 0 Å².